The van der Waals surface area contributed by atoms with E-state index in [1.54, 1.807) is 7.11 Å². The molecule has 0 atom stereocenters. The Hall–Kier alpha value is -1.63. The smallest absolute Gasteiger partial charge is 0.248 e. The molecule has 1 aromatic carbocycles. The summed E-state index contributed by atoms with van der Waals surface area (Å²) in [6.07, 6.45) is 0. The molecule has 0 bridgehead atoms. The number of carbonyl (C=O) groups excluding carboxylic acids is 1. The quantitative estimate of drug-likeness (QED) is 0.443. The van der Waals surface area contributed by atoms with Crippen molar-refractivity contribution < 1.29 is 9.53 Å². The van der Waals surface area contributed by atoms with Crippen molar-refractivity contribution in [3.8, 4) is 5.75 Å². The van der Waals surface area contributed by atoms with E-state index in [0.29, 0.717) is 6.54 Å². The monoisotopic (exact) mass is 278 g/mol. The van der Waals surface area contributed by atoms with Gasteiger partial charge in [0.05, 0.1) is 13.7 Å². The van der Waals surface area contributed by atoms with Gasteiger partial charge in [0.25, 0.3) is 0 Å². The van der Waals surface area contributed by atoms with Crippen LogP contribution >= 0.6 is 0 Å². The molecule has 6 heteroatoms. The maximum absolute atomic E-state index is 11.2. The molecule has 110 valence electrons. The summed E-state index contributed by atoms with van der Waals surface area (Å²) in [6.45, 7) is 5.02. The van der Waals surface area contributed by atoms with E-state index in [2.05, 4.69) is 27.4 Å². The van der Waals surface area contributed by atoms with Crippen LogP contribution in [0.25, 0.3) is 0 Å². The highest BCUT2D eigenvalue weighted by Gasteiger charge is 2.18. The molecule has 6 nitrogen and oxygen atoms in total. The van der Waals surface area contributed by atoms with Gasteiger partial charge in [-0.25, -0.2) is 5.84 Å². The number of hydrogen-bond donors (Lipinski definition) is 2. The van der Waals surface area contributed by atoms with Crippen molar-refractivity contribution in [2.75, 3.05) is 39.8 Å². The van der Waals surface area contributed by atoms with Gasteiger partial charge in [-0.15, -0.1) is 0 Å². The van der Waals surface area contributed by atoms with Crippen LogP contribution in [0.2, 0.25) is 0 Å². The second-order valence-corrected chi connectivity index (χ2v) is 4.97. The Bertz CT molecular complexity index is 427. The minimum atomic E-state index is -0.131. The number of nitrogens with two attached hydrogens (primary N) is 1. The number of piperazine rings is 1. The van der Waals surface area contributed by atoms with Crippen LogP contribution in [0.15, 0.2) is 24.3 Å². The molecule has 0 aliphatic carbocycles. The molecule has 20 heavy (non-hydrogen) atoms. The highest BCUT2D eigenvalue weighted by Crippen LogP contribution is 2.14. The zero-order valence-electron chi connectivity index (χ0n) is 11.8. The molecule has 0 radical (unpaired) electrons. The Morgan fingerprint density at radius 1 is 1.20 bits per heavy atom. The molecule has 0 spiro atoms. The lowest BCUT2D eigenvalue weighted by molar-refractivity contribution is -0.122. The lowest BCUT2D eigenvalue weighted by atomic mass is 10.2. The van der Waals surface area contributed by atoms with E-state index >= 15 is 0 Å². The van der Waals surface area contributed by atoms with Gasteiger partial charge in [0.15, 0.2) is 0 Å². The van der Waals surface area contributed by atoms with Crippen molar-refractivity contribution in [2.24, 2.45) is 5.84 Å². The molecule has 0 aromatic heterocycles. The molecule has 3 N–H and O–H groups in total. The number of carbonyl (C=O) groups is 1. The summed E-state index contributed by atoms with van der Waals surface area (Å²) in [5.41, 5.74) is 3.44. The molecule has 2 rings (SSSR count). The van der Waals surface area contributed by atoms with Crippen LogP contribution in [0.3, 0.4) is 0 Å². The minimum Gasteiger partial charge on any atom is -0.497 e. The summed E-state index contributed by atoms with van der Waals surface area (Å²) < 4.78 is 5.15. The number of hydrogen-bond acceptors (Lipinski definition) is 5. The highest BCUT2D eigenvalue weighted by atomic mass is 16.5. The number of nitrogens with one attached hydrogen (secondary N) is 1. The first-order valence-corrected chi connectivity index (χ1v) is 6.78. The zero-order valence-corrected chi connectivity index (χ0v) is 11.8. The highest BCUT2D eigenvalue weighted by molar-refractivity contribution is 5.77. The summed E-state index contributed by atoms with van der Waals surface area (Å²) in [6, 6.07) is 8.15. The van der Waals surface area contributed by atoms with Crippen LogP contribution in [-0.2, 0) is 11.3 Å². The van der Waals surface area contributed by atoms with Crippen molar-refractivity contribution in [3.63, 3.8) is 0 Å². The van der Waals surface area contributed by atoms with E-state index in [0.717, 1.165) is 38.5 Å². The molecule has 1 saturated heterocycles. The Balaban J connectivity index is 1.77. The number of methoxy groups -OCH3 is 1. The van der Waals surface area contributed by atoms with E-state index in [1.165, 1.54) is 5.56 Å². The van der Waals surface area contributed by atoms with Crippen LogP contribution in [0, 0.1) is 0 Å². The van der Waals surface area contributed by atoms with E-state index < -0.39 is 0 Å². The van der Waals surface area contributed by atoms with Crippen molar-refractivity contribution in [3.05, 3.63) is 29.8 Å². The van der Waals surface area contributed by atoms with Gasteiger partial charge >= 0.3 is 0 Å². The van der Waals surface area contributed by atoms with Gasteiger partial charge in [-0.3, -0.25) is 20.0 Å². The third-order valence-corrected chi connectivity index (χ3v) is 3.56. The van der Waals surface area contributed by atoms with Crippen LogP contribution in [-0.4, -0.2) is 55.5 Å². The van der Waals surface area contributed by atoms with Gasteiger partial charge < -0.3 is 4.74 Å². The molecule has 1 aliphatic heterocycles. The summed E-state index contributed by atoms with van der Waals surface area (Å²) >= 11 is 0. The molecular weight excluding hydrogens is 256 g/mol. The fraction of sp³-hybridized carbons (Fsp3) is 0.500. The number of rotatable bonds is 5. The number of amides is 1. The first-order valence-electron chi connectivity index (χ1n) is 6.78. The molecule has 1 aliphatic rings. The Morgan fingerprint density at radius 3 is 2.35 bits per heavy atom. The third-order valence-electron chi connectivity index (χ3n) is 3.56. The Morgan fingerprint density at radius 2 is 1.80 bits per heavy atom. The van der Waals surface area contributed by atoms with E-state index in [-0.39, 0.29) is 5.91 Å². The fourth-order valence-electron chi connectivity index (χ4n) is 2.34. The van der Waals surface area contributed by atoms with Crippen LogP contribution in [0.4, 0.5) is 0 Å². The first-order chi connectivity index (χ1) is 9.71. The Kier molecular flexibility index (Phi) is 5.34. The van der Waals surface area contributed by atoms with Crippen molar-refractivity contribution in [2.45, 2.75) is 6.54 Å². The summed E-state index contributed by atoms with van der Waals surface area (Å²) in [7, 11) is 1.67. The second kappa shape index (κ2) is 7.23. The molecule has 0 unspecified atom stereocenters. The van der Waals surface area contributed by atoms with Gasteiger partial charge in [0.1, 0.15) is 5.75 Å². The number of ether oxygens (including phenoxy) is 1. The number of benzene rings is 1. The molecule has 1 fully saturated rings. The Labute approximate surface area is 119 Å². The van der Waals surface area contributed by atoms with Crippen LogP contribution in [0.5, 0.6) is 5.75 Å². The molecule has 1 aromatic rings. The van der Waals surface area contributed by atoms with Crippen LogP contribution < -0.4 is 16.0 Å². The van der Waals surface area contributed by atoms with Gasteiger partial charge in [-0.2, -0.15) is 0 Å². The SMILES string of the molecule is COc1ccc(CN2CCN(CC(=O)NN)CC2)cc1. The topological polar surface area (TPSA) is 70.8 Å². The second-order valence-electron chi connectivity index (χ2n) is 4.97. The largest absolute Gasteiger partial charge is 0.497 e. The predicted molar refractivity (Wildman–Crippen MR) is 77.0 cm³/mol. The lowest BCUT2D eigenvalue weighted by Gasteiger charge is -2.34. The zero-order chi connectivity index (χ0) is 14.4. The van der Waals surface area contributed by atoms with E-state index in [1.807, 2.05) is 12.1 Å². The molecule has 1 amide bonds. The maximum Gasteiger partial charge on any atom is 0.248 e. The van der Waals surface area contributed by atoms with E-state index in [4.69, 9.17) is 10.6 Å². The minimum absolute atomic E-state index is 0.131. The first kappa shape index (κ1) is 14.8. The summed E-state index contributed by atoms with van der Waals surface area (Å²) in [4.78, 5) is 15.7. The van der Waals surface area contributed by atoms with Gasteiger partial charge in [0.2, 0.25) is 5.91 Å². The predicted octanol–water partition coefficient (Wildman–Crippen LogP) is -0.197. The van der Waals surface area contributed by atoms with Gasteiger partial charge in [-0.1, -0.05) is 12.1 Å². The average Bonchev–Trinajstić information content (AvgIpc) is 2.50. The van der Waals surface area contributed by atoms with Gasteiger partial charge in [0, 0.05) is 32.7 Å². The maximum atomic E-state index is 11.2. The number of nitrogens with zero attached hydrogens (tertiary/aromatic N) is 2. The molecular formula is C14H22N4O2. The average molecular weight is 278 g/mol. The summed E-state index contributed by atoms with van der Waals surface area (Å²) in [5.74, 6) is 5.85. The number of hydrazine groups is 1. The molecule has 1 heterocycles. The van der Waals surface area contributed by atoms with E-state index in [9.17, 15) is 4.79 Å². The molecule has 0 saturated carbocycles. The lowest BCUT2D eigenvalue weighted by Crippen LogP contribution is -2.49. The van der Waals surface area contributed by atoms with Crippen molar-refractivity contribution in [1.82, 2.24) is 15.2 Å². The van der Waals surface area contributed by atoms with Crippen molar-refractivity contribution >= 4 is 5.91 Å². The standard InChI is InChI=1S/C14H22N4O2/c1-20-13-4-2-12(3-5-13)10-17-6-8-18(9-7-17)11-14(19)16-15/h2-5H,6-11,15H2,1H3,(H,16,19). The van der Waals surface area contributed by atoms with Gasteiger partial charge in [-0.05, 0) is 17.7 Å². The normalized spacial score (nSPS) is 16.9. The fourth-order valence-corrected chi connectivity index (χ4v) is 2.34. The van der Waals surface area contributed by atoms with Crippen LogP contribution in [0.1, 0.15) is 5.56 Å². The summed E-state index contributed by atoms with van der Waals surface area (Å²) in [5, 5.41) is 0. The third kappa shape index (κ3) is 4.19. The van der Waals surface area contributed by atoms with Crippen molar-refractivity contribution in [1.29, 1.82) is 0 Å².